The van der Waals surface area contributed by atoms with Gasteiger partial charge in [-0.1, -0.05) is 35.4 Å². The number of sulfonamides is 1. The van der Waals surface area contributed by atoms with Crippen LogP contribution < -0.4 is 10.0 Å². The number of nitrogens with one attached hydrogen (secondary N) is 2. The number of alkyl halides is 2. The Morgan fingerprint density at radius 1 is 1.08 bits per heavy atom. The molecule has 3 heterocycles. The van der Waals surface area contributed by atoms with Gasteiger partial charge >= 0.3 is 5.92 Å². The fraction of sp³-hybridized carbons (Fsp3) is 0.325. The van der Waals surface area contributed by atoms with E-state index in [1.807, 2.05) is 0 Å². The van der Waals surface area contributed by atoms with Crippen LogP contribution in [0.25, 0.3) is 22.0 Å². The molecule has 0 aliphatic heterocycles. The first kappa shape index (κ1) is 41.2. The number of halogens is 5. The Hall–Kier alpha value is -5.95. The Balaban J connectivity index is 1.39. The van der Waals surface area contributed by atoms with Crippen molar-refractivity contribution in [2.24, 2.45) is 13.0 Å². The van der Waals surface area contributed by atoms with Crippen LogP contribution in [0.5, 0.6) is 0 Å². The second-order valence-electron chi connectivity index (χ2n) is 15.0. The molecule has 2 aliphatic carbocycles. The summed E-state index contributed by atoms with van der Waals surface area (Å²) in [6.07, 6.45) is 0.641. The molecule has 0 spiro atoms. The number of rotatable bonds is 10. The lowest BCUT2D eigenvalue weighted by atomic mass is 9.84. The molecule has 19 heteroatoms. The van der Waals surface area contributed by atoms with E-state index in [0.717, 1.165) is 23.1 Å². The van der Waals surface area contributed by atoms with Gasteiger partial charge < -0.3 is 15.3 Å². The van der Waals surface area contributed by atoms with Crippen molar-refractivity contribution in [2.75, 3.05) is 25.1 Å². The quantitative estimate of drug-likeness (QED) is 0.132. The first-order valence-electron chi connectivity index (χ1n) is 17.9. The fourth-order valence-corrected chi connectivity index (χ4v) is 7.93. The highest BCUT2D eigenvalue weighted by Gasteiger charge is 2.60. The predicted octanol–water partition coefficient (Wildman–Crippen LogP) is 4.88. The molecule has 306 valence electrons. The summed E-state index contributed by atoms with van der Waals surface area (Å²) in [5.74, 6) is 1.28. The average molecular weight is 851 g/mol. The van der Waals surface area contributed by atoms with Crippen molar-refractivity contribution in [2.45, 2.75) is 50.3 Å². The van der Waals surface area contributed by atoms with E-state index in [-0.39, 0.29) is 50.9 Å². The monoisotopic (exact) mass is 850 g/mol. The van der Waals surface area contributed by atoms with E-state index < -0.39 is 75.1 Å². The fourth-order valence-electron chi connectivity index (χ4n) is 7.20. The molecular weight excluding hydrogens is 816 g/mol. The standard InChI is InChI=1S/C40H35ClF4N8O5S/c1-39(2,56)14-13-23-7-8-24(25-10-12-28(41)32-35(25)52(5)49-37(32)50-59(6,57)58)33(46-23)29(17-20-15-21(42)18-22(43)16-20)47-30(54)19-53-36-31(34(48-53)38(55)51(3)4)26-9-11-27(26)40(36,44)45/h7-8,10,12,15-16,18,26-27,29,56H,17,19H2,1-6H3,(H,47,54)(H,49,50)/t26-,27+,29-/m0/s1. The lowest BCUT2D eigenvalue weighted by Gasteiger charge is -2.24. The van der Waals surface area contributed by atoms with Gasteiger partial charge in [-0.05, 0) is 62.1 Å². The van der Waals surface area contributed by atoms with Gasteiger partial charge in [0, 0.05) is 43.9 Å². The van der Waals surface area contributed by atoms with E-state index in [9.17, 15) is 31.9 Å². The molecular formula is C40H35ClF4N8O5S. The van der Waals surface area contributed by atoms with Crippen LogP contribution in [0.2, 0.25) is 5.02 Å². The number of amides is 2. The number of hydrogen-bond acceptors (Lipinski definition) is 8. The Kier molecular flexibility index (Phi) is 10.3. The van der Waals surface area contributed by atoms with Gasteiger partial charge in [-0.25, -0.2) is 22.2 Å². The summed E-state index contributed by atoms with van der Waals surface area (Å²) >= 11 is 6.61. The van der Waals surface area contributed by atoms with Gasteiger partial charge in [0.15, 0.2) is 11.5 Å². The highest BCUT2D eigenvalue weighted by molar-refractivity contribution is 7.92. The van der Waals surface area contributed by atoms with E-state index in [4.69, 9.17) is 16.6 Å². The number of aryl methyl sites for hydroxylation is 1. The Bertz CT molecular complexity index is 2830. The average Bonchev–Trinajstić information content (AvgIpc) is 3.66. The number of hydrogen-bond donors (Lipinski definition) is 3. The van der Waals surface area contributed by atoms with Crippen molar-refractivity contribution < 1.29 is 40.7 Å². The maximum Gasteiger partial charge on any atom is 0.304 e. The molecule has 0 saturated carbocycles. The number of aromatic nitrogens is 5. The van der Waals surface area contributed by atoms with Gasteiger partial charge in [0.25, 0.3) is 5.91 Å². The topological polar surface area (TPSA) is 164 Å². The van der Waals surface area contributed by atoms with Crippen LogP contribution in [0.3, 0.4) is 0 Å². The molecule has 0 fully saturated rings. The number of benzene rings is 2. The highest BCUT2D eigenvalue weighted by atomic mass is 35.5. The molecule has 0 saturated heterocycles. The SMILES string of the molecule is CN(C)C(=O)c1nn(CC(=O)N[C@@H](Cc2cc(F)cc(F)c2)c2nc(C#CC(C)(C)O)ccc2-c2ccc(Cl)c3c(NS(C)(=O)=O)nn(C)c23)c2c1[C@H]1C#C[C@H]1C2(F)F. The minimum Gasteiger partial charge on any atom is -0.378 e. The normalized spacial score (nSPS) is 16.8. The Morgan fingerprint density at radius 2 is 1.76 bits per heavy atom. The summed E-state index contributed by atoms with van der Waals surface area (Å²) in [7, 11) is 0.597. The number of aliphatic hydroxyl groups is 1. The number of anilines is 1. The van der Waals surface area contributed by atoms with E-state index in [1.165, 1.54) is 49.7 Å². The van der Waals surface area contributed by atoms with Crippen molar-refractivity contribution in [1.29, 1.82) is 0 Å². The Labute approximate surface area is 340 Å². The minimum atomic E-state index is -3.82. The number of fused-ring (bicyclic) bond motifs is 4. The van der Waals surface area contributed by atoms with Crippen molar-refractivity contribution in [3.05, 3.63) is 93.0 Å². The van der Waals surface area contributed by atoms with E-state index in [2.05, 4.69) is 43.9 Å². The Morgan fingerprint density at radius 3 is 2.37 bits per heavy atom. The second kappa shape index (κ2) is 14.7. The van der Waals surface area contributed by atoms with Gasteiger partial charge in [-0.3, -0.25) is 23.7 Å². The largest absolute Gasteiger partial charge is 0.378 e. The summed E-state index contributed by atoms with van der Waals surface area (Å²) in [5.41, 5.74) is -1.13. The minimum absolute atomic E-state index is 0.0493. The van der Waals surface area contributed by atoms with Crippen molar-refractivity contribution >= 4 is 50.2 Å². The lowest BCUT2D eigenvalue weighted by molar-refractivity contribution is -0.123. The zero-order valence-electron chi connectivity index (χ0n) is 32.2. The molecule has 59 heavy (non-hydrogen) atoms. The van der Waals surface area contributed by atoms with Crippen molar-refractivity contribution in [3.63, 3.8) is 0 Å². The lowest BCUT2D eigenvalue weighted by Crippen LogP contribution is -2.36. The van der Waals surface area contributed by atoms with Gasteiger partial charge in [-0.2, -0.15) is 19.0 Å². The van der Waals surface area contributed by atoms with Crippen LogP contribution in [-0.4, -0.2) is 80.7 Å². The zero-order chi connectivity index (χ0) is 42.9. The number of carbonyl (C=O) groups excluding carboxylic acids is 2. The van der Waals surface area contributed by atoms with Gasteiger partial charge in [-0.15, -0.1) is 0 Å². The summed E-state index contributed by atoms with van der Waals surface area (Å²) < 4.78 is 90.0. The molecule has 0 bridgehead atoms. The van der Waals surface area contributed by atoms with Crippen LogP contribution in [0, 0.1) is 41.2 Å². The van der Waals surface area contributed by atoms with Crippen LogP contribution in [-0.2, 0) is 40.8 Å². The summed E-state index contributed by atoms with van der Waals surface area (Å²) in [4.78, 5) is 33.3. The zero-order valence-corrected chi connectivity index (χ0v) is 33.8. The molecule has 13 nitrogen and oxygen atoms in total. The van der Waals surface area contributed by atoms with Gasteiger partial charge in [0.2, 0.25) is 15.9 Å². The van der Waals surface area contributed by atoms with Crippen LogP contribution in [0.15, 0.2) is 42.5 Å². The number of nitrogens with zero attached hydrogens (tertiary/aromatic N) is 6. The molecule has 3 atom stereocenters. The molecule has 3 aromatic heterocycles. The molecule has 0 unspecified atom stereocenters. The second-order valence-corrected chi connectivity index (χ2v) is 17.2. The molecule has 7 rings (SSSR count). The molecule has 2 aliphatic rings. The van der Waals surface area contributed by atoms with Crippen LogP contribution in [0.1, 0.15) is 64.5 Å². The highest BCUT2D eigenvalue weighted by Crippen LogP contribution is 2.56. The molecule has 2 amide bonds. The summed E-state index contributed by atoms with van der Waals surface area (Å²) in [5, 5.41) is 22.0. The van der Waals surface area contributed by atoms with Crippen molar-refractivity contribution in [3.8, 4) is 34.8 Å². The third-order valence-corrected chi connectivity index (χ3v) is 10.5. The molecule has 5 aromatic rings. The maximum absolute atomic E-state index is 15.8. The van der Waals surface area contributed by atoms with Crippen LogP contribution >= 0.6 is 11.6 Å². The first-order chi connectivity index (χ1) is 27.5. The van der Waals surface area contributed by atoms with Crippen molar-refractivity contribution in [1.82, 2.24) is 34.8 Å². The van der Waals surface area contributed by atoms with Gasteiger partial charge in [0.05, 0.1) is 39.8 Å². The van der Waals surface area contributed by atoms with E-state index in [1.54, 1.807) is 19.2 Å². The molecule has 2 aromatic carbocycles. The van der Waals surface area contributed by atoms with E-state index >= 15 is 8.78 Å². The third-order valence-electron chi connectivity index (χ3n) is 9.59. The summed E-state index contributed by atoms with van der Waals surface area (Å²) in [6, 6.07) is 7.73. The van der Waals surface area contributed by atoms with Gasteiger partial charge in [0.1, 0.15) is 41.1 Å². The maximum atomic E-state index is 15.8. The van der Waals surface area contributed by atoms with Crippen LogP contribution in [0.4, 0.5) is 23.4 Å². The smallest absolute Gasteiger partial charge is 0.304 e. The predicted molar refractivity (Wildman–Crippen MR) is 210 cm³/mol. The molecule has 3 N–H and O–H groups in total. The first-order valence-corrected chi connectivity index (χ1v) is 20.1. The number of carbonyl (C=O) groups is 2. The summed E-state index contributed by atoms with van der Waals surface area (Å²) in [6.45, 7) is 2.10. The third kappa shape index (κ3) is 7.95. The molecule has 0 radical (unpaired) electrons. The number of pyridine rings is 1. The van der Waals surface area contributed by atoms with E-state index in [0.29, 0.717) is 22.7 Å².